The standard InChI is InChI=1S/C24H28F2N3O10P/c1-5-11-24(26)19(30)18(37-22(24)28-12-17(25)20(31)29(27)23(28)33)13-35-40(34,39-16-9-7-6-8-10-16)38-15(4)21(32)36-14(2)3/h6-10,12,14-15,18-19,22,30H,13,27H2,1-4H3/t15-,18+,19-,22?,24?,40?/m0/s1. The van der Waals surface area contributed by atoms with Crippen LogP contribution in [0.4, 0.5) is 8.78 Å². The van der Waals surface area contributed by atoms with Crippen molar-refractivity contribution in [3.05, 3.63) is 63.2 Å². The first-order valence-corrected chi connectivity index (χ1v) is 13.3. The Morgan fingerprint density at radius 3 is 2.52 bits per heavy atom. The van der Waals surface area contributed by atoms with Crippen molar-refractivity contribution in [3.8, 4) is 17.6 Å². The van der Waals surface area contributed by atoms with Gasteiger partial charge >= 0.3 is 25.0 Å². The smallest absolute Gasteiger partial charge is 0.461 e. The number of alkyl halides is 1. The average molecular weight is 587 g/mol. The zero-order chi connectivity index (χ0) is 29.8. The number of aliphatic hydroxyl groups excluding tert-OH is 1. The summed E-state index contributed by atoms with van der Waals surface area (Å²) in [6.07, 6.45) is -7.57. The Balaban J connectivity index is 1.91. The number of rotatable bonds is 10. The number of para-hydroxylation sites is 1. The Kier molecular flexibility index (Phi) is 9.55. The molecule has 3 rings (SSSR count). The molecule has 13 nitrogen and oxygen atoms in total. The fraction of sp³-hybridized carbons (Fsp3) is 0.458. The molecule has 0 saturated carbocycles. The van der Waals surface area contributed by atoms with Gasteiger partial charge in [-0.15, -0.1) is 5.92 Å². The molecule has 1 fully saturated rings. The third kappa shape index (κ3) is 6.60. The van der Waals surface area contributed by atoms with E-state index in [0.29, 0.717) is 10.8 Å². The van der Waals surface area contributed by atoms with Crippen molar-refractivity contribution in [1.29, 1.82) is 0 Å². The van der Waals surface area contributed by atoms with Gasteiger partial charge in [0.2, 0.25) is 11.5 Å². The van der Waals surface area contributed by atoms with Crippen molar-refractivity contribution in [1.82, 2.24) is 9.24 Å². The van der Waals surface area contributed by atoms with Crippen molar-refractivity contribution in [2.75, 3.05) is 12.4 Å². The van der Waals surface area contributed by atoms with Gasteiger partial charge in [-0.1, -0.05) is 24.1 Å². The number of phosphoric ester groups is 1. The molecule has 40 heavy (non-hydrogen) atoms. The van der Waals surface area contributed by atoms with Crippen LogP contribution < -0.4 is 21.6 Å². The first-order valence-electron chi connectivity index (χ1n) is 11.9. The molecule has 0 bridgehead atoms. The molecule has 0 amide bonds. The van der Waals surface area contributed by atoms with Crippen LogP contribution in [0.5, 0.6) is 5.75 Å². The quantitative estimate of drug-likeness (QED) is 0.178. The highest BCUT2D eigenvalue weighted by Gasteiger charge is 2.58. The van der Waals surface area contributed by atoms with Crippen LogP contribution in [-0.2, 0) is 27.9 Å². The second kappa shape index (κ2) is 12.3. The van der Waals surface area contributed by atoms with Gasteiger partial charge in [0.15, 0.2) is 12.3 Å². The molecule has 218 valence electrons. The topological polar surface area (TPSA) is 171 Å². The van der Waals surface area contributed by atoms with Gasteiger partial charge in [-0.2, -0.15) is 9.07 Å². The van der Waals surface area contributed by atoms with E-state index in [-0.39, 0.29) is 10.4 Å². The Bertz CT molecular complexity index is 1450. The zero-order valence-electron chi connectivity index (χ0n) is 21.9. The number of nitrogen functional groups attached to an aromatic ring is 1. The number of aliphatic hydroxyl groups is 1. The maximum atomic E-state index is 16.0. The number of carbonyl (C=O) groups excluding carboxylic acids is 1. The minimum atomic E-state index is -4.70. The first kappa shape index (κ1) is 31.0. The van der Waals surface area contributed by atoms with Gasteiger partial charge in [-0.3, -0.25) is 18.4 Å². The van der Waals surface area contributed by atoms with E-state index in [1.54, 1.807) is 32.0 Å². The van der Waals surface area contributed by atoms with Crippen LogP contribution in [0.1, 0.15) is 33.9 Å². The summed E-state index contributed by atoms with van der Waals surface area (Å²) < 4.78 is 70.4. The van der Waals surface area contributed by atoms with Crippen molar-refractivity contribution in [3.63, 3.8) is 0 Å². The Morgan fingerprint density at radius 2 is 1.93 bits per heavy atom. The second-order valence-corrected chi connectivity index (χ2v) is 10.4. The maximum Gasteiger partial charge on any atom is 0.530 e. The number of nitrogens with two attached hydrogens (primary N) is 1. The van der Waals surface area contributed by atoms with Crippen molar-refractivity contribution < 1.29 is 46.3 Å². The summed E-state index contributed by atoms with van der Waals surface area (Å²) in [4.78, 5) is 36.4. The second-order valence-electron chi connectivity index (χ2n) is 8.84. The number of hydrogen-bond acceptors (Lipinski definition) is 11. The molecule has 1 aliphatic heterocycles. The summed E-state index contributed by atoms with van der Waals surface area (Å²) in [5.74, 6) is 7.25. The molecular formula is C24H28F2N3O10P. The first-order chi connectivity index (χ1) is 18.7. The number of ether oxygens (including phenoxy) is 2. The van der Waals surface area contributed by atoms with E-state index in [2.05, 4.69) is 11.8 Å². The molecule has 1 aromatic carbocycles. The van der Waals surface area contributed by atoms with Gasteiger partial charge in [0.25, 0.3) is 0 Å². The van der Waals surface area contributed by atoms with E-state index in [9.17, 15) is 28.4 Å². The van der Waals surface area contributed by atoms with Crippen LogP contribution in [0.25, 0.3) is 0 Å². The van der Waals surface area contributed by atoms with Crippen LogP contribution in [0, 0.1) is 17.7 Å². The van der Waals surface area contributed by atoms with Crippen molar-refractivity contribution in [2.24, 2.45) is 0 Å². The molecule has 0 aliphatic carbocycles. The van der Waals surface area contributed by atoms with Gasteiger partial charge in [-0.25, -0.2) is 18.5 Å². The van der Waals surface area contributed by atoms with Gasteiger partial charge in [0, 0.05) is 0 Å². The molecule has 3 unspecified atom stereocenters. The minimum absolute atomic E-state index is 0.0185. The lowest BCUT2D eigenvalue weighted by Crippen LogP contribution is -2.50. The van der Waals surface area contributed by atoms with Crippen molar-refractivity contribution in [2.45, 2.75) is 64.0 Å². The number of nitrogens with zero attached hydrogens (tertiary/aromatic N) is 2. The monoisotopic (exact) mass is 587 g/mol. The molecule has 3 N–H and O–H groups in total. The summed E-state index contributed by atoms with van der Waals surface area (Å²) in [7, 11) is -4.70. The highest BCUT2D eigenvalue weighted by Crippen LogP contribution is 2.52. The van der Waals surface area contributed by atoms with Gasteiger partial charge in [-0.05, 0) is 39.8 Å². The number of benzene rings is 1. The highest BCUT2D eigenvalue weighted by molar-refractivity contribution is 7.49. The molecule has 6 atom stereocenters. The molecule has 0 radical (unpaired) electrons. The van der Waals surface area contributed by atoms with Crippen LogP contribution in [0.2, 0.25) is 0 Å². The molecule has 2 aromatic rings. The maximum absolute atomic E-state index is 16.0. The van der Waals surface area contributed by atoms with Crippen LogP contribution in [0.3, 0.4) is 0 Å². The van der Waals surface area contributed by atoms with E-state index in [4.69, 9.17) is 28.9 Å². The third-order valence-corrected chi connectivity index (χ3v) is 6.92. The molecule has 1 saturated heterocycles. The summed E-state index contributed by atoms with van der Waals surface area (Å²) in [5, 5.41) is 10.8. The number of esters is 1. The van der Waals surface area contributed by atoms with E-state index < -0.39 is 73.8 Å². The highest BCUT2D eigenvalue weighted by atomic mass is 31.2. The summed E-state index contributed by atoms with van der Waals surface area (Å²) in [6, 6.07) is 7.59. The average Bonchev–Trinajstić information content (AvgIpc) is 3.13. The molecule has 0 spiro atoms. The van der Waals surface area contributed by atoms with E-state index in [0.717, 1.165) is 0 Å². The van der Waals surface area contributed by atoms with Crippen LogP contribution >= 0.6 is 7.82 Å². The summed E-state index contributed by atoms with van der Waals surface area (Å²) in [5.41, 5.74) is -5.90. The molecule has 1 aliphatic rings. The third-order valence-electron chi connectivity index (χ3n) is 5.45. The molecule has 2 heterocycles. The number of phosphoric acid groups is 1. The normalized spacial score (nSPS) is 24.6. The molecule has 1 aromatic heterocycles. The van der Waals surface area contributed by atoms with Crippen LogP contribution in [0.15, 0.2) is 46.1 Å². The largest absolute Gasteiger partial charge is 0.530 e. The van der Waals surface area contributed by atoms with E-state index in [1.807, 2.05) is 0 Å². The lowest BCUT2D eigenvalue weighted by atomic mass is 9.96. The number of halogens is 2. The predicted molar refractivity (Wildman–Crippen MR) is 135 cm³/mol. The number of carbonyl (C=O) groups is 1. The van der Waals surface area contributed by atoms with E-state index >= 15 is 4.39 Å². The van der Waals surface area contributed by atoms with Gasteiger partial charge < -0.3 is 24.9 Å². The zero-order valence-corrected chi connectivity index (χ0v) is 22.7. The number of hydrogen-bond donors (Lipinski definition) is 2. The fourth-order valence-electron chi connectivity index (χ4n) is 3.63. The fourth-order valence-corrected chi connectivity index (χ4v) is 4.97. The number of aromatic nitrogens is 2. The lowest BCUT2D eigenvalue weighted by Gasteiger charge is -2.24. The lowest BCUT2D eigenvalue weighted by molar-refractivity contribution is -0.156. The van der Waals surface area contributed by atoms with Crippen molar-refractivity contribution >= 4 is 13.8 Å². The minimum Gasteiger partial charge on any atom is -0.461 e. The van der Waals surface area contributed by atoms with E-state index in [1.165, 1.54) is 26.0 Å². The Labute approximate surface area is 226 Å². The predicted octanol–water partition coefficient (Wildman–Crippen LogP) is 1.41. The van der Waals surface area contributed by atoms with Gasteiger partial charge in [0.05, 0.1) is 18.9 Å². The summed E-state index contributed by atoms with van der Waals surface area (Å²) >= 11 is 0. The van der Waals surface area contributed by atoms with Crippen LogP contribution in [-0.4, -0.2) is 57.0 Å². The Morgan fingerprint density at radius 1 is 1.27 bits per heavy atom. The molecule has 16 heteroatoms. The Hall–Kier alpha value is -3.54. The molecular weight excluding hydrogens is 559 g/mol. The SMILES string of the molecule is CC#CC1(F)C(n2cc(F)c(=O)n(N)c2=O)O[C@H](COP(=O)(Oc2ccccc2)O[C@@H](C)C(=O)OC(C)C)[C@@H]1O. The van der Waals surface area contributed by atoms with Gasteiger partial charge in [0.1, 0.15) is 18.0 Å². The summed E-state index contributed by atoms with van der Waals surface area (Å²) in [6.45, 7) is 4.76.